The molecule has 3 heterocycles. The minimum atomic E-state index is -0.120. The van der Waals surface area contributed by atoms with Gasteiger partial charge in [-0.1, -0.05) is 0 Å². The number of H-pyrrole nitrogens is 1. The predicted molar refractivity (Wildman–Crippen MR) is 100 cm³/mol. The van der Waals surface area contributed by atoms with Gasteiger partial charge in [0.15, 0.2) is 0 Å². The number of amides is 1. The van der Waals surface area contributed by atoms with Crippen molar-refractivity contribution in [2.45, 2.75) is 33.7 Å². The van der Waals surface area contributed by atoms with Crippen LogP contribution < -0.4 is 10.3 Å². The Morgan fingerprint density at radius 3 is 2.96 bits per heavy atom. The number of fused-ring (bicyclic) bond motifs is 2. The van der Waals surface area contributed by atoms with Gasteiger partial charge in [0.2, 0.25) is 0 Å². The van der Waals surface area contributed by atoms with Crippen molar-refractivity contribution in [3.63, 3.8) is 0 Å². The summed E-state index contributed by atoms with van der Waals surface area (Å²) >= 11 is 0. The smallest absolute Gasteiger partial charge is 0.258 e. The number of ether oxygens (including phenoxy) is 1. The highest BCUT2D eigenvalue weighted by Crippen LogP contribution is 2.31. The second-order valence-corrected chi connectivity index (χ2v) is 6.68. The van der Waals surface area contributed by atoms with Gasteiger partial charge in [-0.3, -0.25) is 9.59 Å². The minimum Gasteiger partial charge on any atom is -0.494 e. The first-order valence-corrected chi connectivity index (χ1v) is 9.01. The zero-order chi connectivity index (χ0) is 19.1. The van der Waals surface area contributed by atoms with E-state index in [2.05, 4.69) is 9.97 Å². The maximum Gasteiger partial charge on any atom is 0.258 e. The summed E-state index contributed by atoms with van der Waals surface area (Å²) in [5.41, 5.74) is 2.41. The summed E-state index contributed by atoms with van der Waals surface area (Å²) in [6.07, 6.45) is 0.489. The van der Waals surface area contributed by atoms with Crippen LogP contribution in [0.1, 0.15) is 40.1 Å². The average molecular weight is 367 g/mol. The Kier molecular flexibility index (Phi) is 4.22. The first-order chi connectivity index (χ1) is 13.0. The van der Waals surface area contributed by atoms with E-state index in [0.29, 0.717) is 65.9 Å². The molecule has 7 heteroatoms. The summed E-state index contributed by atoms with van der Waals surface area (Å²) in [6, 6.07) is 5.49. The van der Waals surface area contributed by atoms with E-state index in [0.717, 1.165) is 5.39 Å². The third kappa shape index (κ3) is 2.99. The molecule has 2 aromatic heterocycles. The number of rotatable bonds is 3. The van der Waals surface area contributed by atoms with Crippen molar-refractivity contribution in [1.29, 1.82) is 0 Å². The lowest BCUT2D eigenvalue weighted by molar-refractivity contribution is 0.0731. The molecule has 0 aliphatic carbocycles. The zero-order valence-electron chi connectivity index (χ0n) is 15.6. The molecule has 7 nitrogen and oxygen atoms in total. The summed E-state index contributed by atoms with van der Waals surface area (Å²) in [7, 11) is 0. The second-order valence-electron chi connectivity index (χ2n) is 6.68. The number of nitrogens with one attached hydrogen (secondary N) is 1. The normalized spacial score (nSPS) is 13.7. The van der Waals surface area contributed by atoms with Gasteiger partial charge in [-0.15, -0.1) is 0 Å². The number of aryl methyl sites for hydroxylation is 2. The van der Waals surface area contributed by atoms with E-state index in [-0.39, 0.29) is 11.5 Å². The maximum atomic E-state index is 13.3. The van der Waals surface area contributed by atoms with Gasteiger partial charge < -0.3 is 19.0 Å². The number of carbonyl (C=O) groups excluding carboxylic acids is 1. The Labute approximate surface area is 156 Å². The Balaban J connectivity index is 1.72. The molecule has 140 valence electrons. The van der Waals surface area contributed by atoms with Gasteiger partial charge in [0.05, 0.1) is 24.4 Å². The van der Waals surface area contributed by atoms with Gasteiger partial charge in [0.25, 0.3) is 11.5 Å². The molecule has 0 radical (unpaired) electrons. The van der Waals surface area contributed by atoms with E-state index in [1.165, 1.54) is 0 Å². The van der Waals surface area contributed by atoms with Crippen molar-refractivity contribution < 1.29 is 13.9 Å². The molecule has 1 aromatic carbocycles. The summed E-state index contributed by atoms with van der Waals surface area (Å²) in [4.78, 5) is 34.2. The zero-order valence-corrected chi connectivity index (χ0v) is 15.6. The number of aromatic nitrogens is 2. The lowest BCUT2D eigenvalue weighted by Crippen LogP contribution is -2.39. The van der Waals surface area contributed by atoms with Crippen LogP contribution in [0.2, 0.25) is 0 Å². The number of benzene rings is 1. The van der Waals surface area contributed by atoms with Crippen LogP contribution in [0.25, 0.3) is 11.0 Å². The van der Waals surface area contributed by atoms with E-state index >= 15 is 0 Å². The molecular weight excluding hydrogens is 346 g/mol. The van der Waals surface area contributed by atoms with Gasteiger partial charge in [-0.25, -0.2) is 4.98 Å². The monoisotopic (exact) mass is 367 g/mol. The van der Waals surface area contributed by atoms with Crippen LogP contribution in [0.5, 0.6) is 5.75 Å². The number of carbonyl (C=O) groups is 1. The van der Waals surface area contributed by atoms with Crippen molar-refractivity contribution >= 4 is 16.9 Å². The van der Waals surface area contributed by atoms with Gasteiger partial charge in [-0.05, 0) is 45.4 Å². The van der Waals surface area contributed by atoms with Gasteiger partial charge >= 0.3 is 0 Å². The van der Waals surface area contributed by atoms with Crippen LogP contribution in [0.3, 0.4) is 0 Å². The van der Waals surface area contributed by atoms with Crippen molar-refractivity contribution in [1.82, 2.24) is 14.9 Å². The topological polar surface area (TPSA) is 88.4 Å². The van der Waals surface area contributed by atoms with Crippen LogP contribution in [0.15, 0.2) is 27.4 Å². The van der Waals surface area contributed by atoms with Crippen molar-refractivity contribution in [2.75, 3.05) is 13.2 Å². The molecule has 4 rings (SSSR count). The largest absolute Gasteiger partial charge is 0.494 e. The Bertz CT molecular complexity index is 1100. The van der Waals surface area contributed by atoms with E-state index < -0.39 is 0 Å². The first-order valence-electron chi connectivity index (χ1n) is 9.01. The van der Waals surface area contributed by atoms with Crippen LogP contribution in [0, 0.1) is 13.8 Å². The molecule has 1 aliphatic heterocycles. The van der Waals surface area contributed by atoms with Gasteiger partial charge in [-0.2, -0.15) is 0 Å². The Morgan fingerprint density at radius 1 is 1.37 bits per heavy atom. The van der Waals surface area contributed by atoms with E-state index in [1.807, 2.05) is 25.1 Å². The van der Waals surface area contributed by atoms with E-state index in [4.69, 9.17) is 9.15 Å². The molecule has 0 saturated carbocycles. The lowest BCUT2D eigenvalue weighted by atomic mass is 10.0. The molecule has 27 heavy (non-hydrogen) atoms. The Morgan fingerprint density at radius 2 is 2.19 bits per heavy atom. The molecule has 1 amide bonds. The van der Waals surface area contributed by atoms with Gasteiger partial charge in [0.1, 0.15) is 22.9 Å². The third-order valence-corrected chi connectivity index (χ3v) is 4.84. The fourth-order valence-corrected chi connectivity index (χ4v) is 3.62. The SMILES string of the molecule is CCOc1ccc2oc(C)c(C(=O)N3CCc4c(nc(C)[nH]c4=O)C3)c2c1. The maximum absolute atomic E-state index is 13.3. The Hall–Kier alpha value is -3.09. The first kappa shape index (κ1) is 17.3. The van der Waals surface area contributed by atoms with Crippen LogP contribution >= 0.6 is 0 Å². The molecule has 0 atom stereocenters. The molecule has 0 bridgehead atoms. The molecule has 3 aromatic rings. The third-order valence-electron chi connectivity index (χ3n) is 4.84. The molecule has 0 saturated heterocycles. The minimum absolute atomic E-state index is 0.115. The van der Waals surface area contributed by atoms with E-state index in [9.17, 15) is 9.59 Å². The molecule has 0 spiro atoms. The number of hydrogen-bond donors (Lipinski definition) is 1. The number of furan rings is 1. The van der Waals surface area contributed by atoms with Gasteiger partial charge in [0, 0.05) is 17.5 Å². The summed E-state index contributed by atoms with van der Waals surface area (Å²) in [5.74, 6) is 1.71. The highest BCUT2D eigenvalue weighted by molar-refractivity contribution is 6.07. The fourth-order valence-electron chi connectivity index (χ4n) is 3.62. The van der Waals surface area contributed by atoms with Crippen LogP contribution in [0.4, 0.5) is 0 Å². The standard InChI is InChI=1S/C20H21N3O4/c1-4-26-13-5-6-17-15(9-13)18(11(2)27-17)20(25)23-8-7-14-16(10-23)21-12(3)22-19(14)24/h5-6,9H,4,7-8,10H2,1-3H3,(H,21,22,24). The number of aromatic amines is 1. The molecule has 1 N–H and O–H groups in total. The molecule has 0 unspecified atom stereocenters. The molecular formula is C20H21N3O4. The van der Waals surface area contributed by atoms with Crippen molar-refractivity contribution in [3.8, 4) is 5.75 Å². The van der Waals surface area contributed by atoms with Crippen LogP contribution in [-0.2, 0) is 13.0 Å². The summed E-state index contributed by atoms with van der Waals surface area (Å²) < 4.78 is 11.3. The molecule has 1 aliphatic rings. The second kappa shape index (κ2) is 6.57. The summed E-state index contributed by atoms with van der Waals surface area (Å²) in [5, 5.41) is 0.740. The fraction of sp³-hybridized carbons (Fsp3) is 0.350. The summed E-state index contributed by atoms with van der Waals surface area (Å²) in [6.45, 7) is 6.78. The van der Waals surface area contributed by atoms with Crippen LogP contribution in [-0.4, -0.2) is 33.9 Å². The highest BCUT2D eigenvalue weighted by Gasteiger charge is 2.28. The van der Waals surface area contributed by atoms with Crippen molar-refractivity contribution in [2.24, 2.45) is 0 Å². The predicted octanol–water partition coefficient (Wildman–Crippen LogP) is 2.73. The average Bonchev–Trinajstić information content (AvgIpc) is 2.96. The van der Waals surface area contributed by atoms with E-state index in [1.54, 1.807) is 18.7 Å². The highest BCUT2D eigenvalue weighted by atomic mass is 16.5. The van der Waals surface area contributed by atoms with Crippen molar-refractivity contribution in [3.05, 3.63) is 57.0 Å². The number of hydrogen-bond acceptors (Lipinski definition) is 5. The lowest BCUT2D eigenvalue weighted by Gasteiger charge is -2.27. The molecule has 0 fully saturated rings. The quantitative estimate of drug-likeness (QED) is 0.769. The number of nitrogens with zero attached hydrogens (tertiary/aromatic N) is 2.